The fourth-order valence-electron chi connectivity index (χ4n) is 2.20. The van der Waals surface area contributed by atoms with Crippen molar-refractivity contribution in [2.45, 2.75) is 11.8 Å². The molecule has 126 valence electrons. The van der Waals surface area contributed by atoms with E-state index in [0.29, 0.717) is 10.2 Å². The molecule has 0 saturated carbocycles. The zero-order valence-corrected chi connectivity index (χ0v) is 14.3. The first-order chi connectivity index (χ1) is 11.8. The smallest absolute Gasteiger partial charge is 0.339 e. The second-order valence-corrected chi connectivity index (χ2v) is 7.55. The van der Waals surface area contributed by atoms with E-state index in [2.05, 4.69) is 4.98 Å². The molecule has 0 atom stereocenters. The van der Waals surface area contributed by atoms with E-state index in [1.54, 1.807) is 6.07 Å². The molecule has 25 heavy (non-hydrogen) atoms. The van der Waals surface area contributed by atoms with Crippen LogP contribution in [0.3, 0.4) is 0 Å². The predicted octanol–water partition coefficient (Wildman–Crippen LogP) is 3.15. The van der Waals surface area contributed by atoms with Crippen molar-refractivity contribution in [1.29, 1.82) is 5.26 Å². The van der Waals surface area contributed by atoms with Crippen molar-refractivity contribution in [2.24, 2.45) is 0 Å². The van der Waals surface area contributed by atoms with Gasteiger partial charge in [-0.15, -0.1) is 11.3 Å². The lowest BCUT2D eigenvalue weighted by Gasteiger charge is -2.09. The van der Waals surface area contributed by atoms with Crippen LogP contribution < -0.4 is 4.18 Å². The fourth-order valence-corrected chi connectivity index (χ4v) is 4.13. The van der Waals surface area contributed by atoms with Crippen LogP contribution in [0.15, 0.2) is 41.3 Å². The maximum absolute atomic E-state index is 12.4. The summed E-state index contributed by atoms with van der Waals surface area (Å²) in [7, 11) is -4.16. The Morgan fingerprint density at radius 3 is 2.68 bits per heavy atom. The van der Waals surface area contributed by atoms with E-state index in [1.165, 1.54) is 25.1 Å². The SMILES string of the molecule is Cc1cc([N+](=O)[O-])ccc1S(=O)(=O)Oc1ccc2nc(C#N)sc2c1. The van der Waals surface area contributed by atoms with Gasteiger partial charge in [0.2, 0.25) is 0 Å². The maximum Gasteiger partial charge on any atom is 0.339 e. The number of nitro groups is 1. The molecule has 0 N–H and O–H groups in total. The van der Waals surface area contributed by atoms with Crippen LogP contribution in [0, 0.1) is 28.4 Å². The highest BCUT2D eigenvalue weighted by Crippen LogP contribution is 2.29. The second-order valence-electron chi connectivity index (χ2n) is 5.00. The summed E-state index contributed by atoms with van der Waals surface area (Å²) in [5.41, 5.74) is 0.573. The molecular weight excluding hydrogens is 366 g/mol. The lowest BCUT2D eigenvalue weighted by atomic mass is 10.2. The Hall–Kier alpha value is -3.03. The third-order valence-corrected chi connectivity index (χ3v) is 5.63. The van der Waals surface area contributed by atoms with Crippen LogP contribution in [-0.2, 0) is 10.1 Å². The summed E-state index contributed by atoms with van der Waals surface area (Å²) in [4.78, 5) is 14.1. The molecule has 0 aliphatic rings. The quantitative estimate of drug-likeness (QED) is 0.390. The molecule has 0 aliphatic carbocycles. The van der Waals surface area contributed by atoms with Gasteiger partial charge in [0.25, 0.3) is 5.69 Å². The minimum absolute atomic E-state index is 0.0680. The second kappa shape index (κ2) is 6.12. The van der Waals surface area contributed by atoms with Gasteiger partial charge in [-0.25, -0.2) is 4.98 Å². The largest absolute Gasteiger partial charge is 0.379 e. The zero-order chi connectivity index (χ0) is 18.2. The molecule has 0 spiro atoms. The van der Waals surface area contributed by atoms with Crippen molar-refractivity contribution in [3.05, 3.63) is 57.1 Å². The van der Waals surface area contributed by atoms with E-state index >= 15 is 0 Å². The summed E-state index contributed by atoms with van der Waals surface area (Å²) in [6.07, 6.45) is 0. The average molecular weight is 375 g/mol. The van der Waals surface area contributed by atoms with Gasteiger partial charge in [0, 0.05) is 18.2 Å². The molecule has 0 aliphatic heterocycles. The number of hydrogen-bond acceptors (Lipinski definition) is 8. The Kier molecular flexibility index (Phi) is 4.12. The highest BCUT2D eigenvalue weighted by Gasteiger charge is 2.22. The molecule has 0 saturated heterocycles. The van der Waals surface area contributed by atoms with Gasteiger partial charge >= 0.3 is 10.1 Å². The number of nitriles is 1. The summed E-state index contributed by atoms with van der Waals surface area (Å²) in [6.45, 7) is 1.45. The van der Waals surface area contributed by atoms with Crippen molar-refractivity contribution in [3.63, 3.8) is 0 Å². The fraction of sp³-hybridized carbons (Fsp3) is 0.0667. The number of nitro benzene ring substituents is 1. The molecular formula is C15H9N3O5S2. The monoisotopic (exact) mass is 375 g/mol. The van der Waals surface area contributed by atoms with Crippen molar-refractivity contribution in [1.82, 2.24) is 4.98 Å². The van der Waals surface area contributed by atoms with Crippen LogP contribution >= 0.6 is 11.3 Å². The number of aromatic nitrogens is 1. The third kappa shape index (κ3) is 3.28. The van der Waals surface area contributed by atoms with Crippen molar-refractivity contribution < 1.29 is 17.5 Å². The van der Waals surface area contributed by atoms with Gasteiger partial charge in [0.15, 0.2) is 5.01 Å². The van der Waals surface area contributed by atoms with Crippen molar-refractivity contribution in [2.75, 3.05) is 0 Å². The van der Waals surface area contributed by atoms with E-state index in [1.807, 2.05) is 6.07 Å². The van der Waals surface area contributed by atoms with Gasteiger partial charge in [-0.05, 0) is 30.7 Å². The predicted molar refractivity (Wildman–Crippen MR) is 90.0 cm³/mol. The molecule has 8 nitrogen and oxygen atoms in total. The number of aryl methyl sites for hydroxylation is 1. The number of nitrogens with zero attached hydrogens (tertiary/aromatic N) is 3. The van der Waals surface area contributed by atoms with E-state index in [-0.39, 0.29) is 26.9 Å². The van der Waals surface area contributed by atoms with Crippen LogP contribution in [0.25, 0.3) is 10.2 Å². The minimum atomic E-state index is -4.16. The van der Waals surface area contributed by atoms with Crippen LogP contribution in [0.5, 0.6) is 5.75 Å². The van der Waals surface area contributed by atoms with Crippen molar-refractivity contribution in [3.8, 4) is 11.8 Å². The Bertz CT molecular complexity index is 1150. The maximum atomic E-state index is 12.4. The number of fused-ring (bicyclic) bond motifs is 1. The lowest BCUT2D eigenvalue weighted by Crippen LogP contribution is -2.11. The van der Waals surface area contributed by atoms with E-state index in [4.69, 9.17) is 9.44 Å². The summed E-state index contributed by atoms with van der Waals surface area (Å²) in [5.74, 6) is 0.0680. The van der Waals surface area contributed by atoms with Crippen LogP contribution in [0.4, 0.5) is 5.69 Å². The van der Waals surface area contributed by atoms with E-state index < -0.39 is 15.0 Å². The first kappa shape index (κ1) is 16.8. The highest BCUT2D eigenvalue weighted by atomic mass is 32.2. The van der Waals surface area contributed by atoms with Crippen LogP contribution in [-0.4, -0.2) is 18.3 Å². The van der Waals surface area contributed by atoms with Crippen LogP contribution in [0.1, 0.15) is 10.6 Å². The molecule has 0 radical (unpaired) electrons. The van der Waals surface area contributed by atoms with Gasteiger partial charge in [0.1, 0.15) is 16.7 Å². The Morgan fingerprint density at radius 2 is 2.04 bits per heavy atom. The Labute approximate surface area is 146 Å². The Balaban J connectivity index is 1.96. The Morgan fingerprint density at radius 1 is 1.28 bits per heavy atom. The number of benzene rings is 2. The molecule has 1 aromatic heterocycles. The zero-order valence-electron chi connectivity index (χ0n) is 12.7. The molecule has 1 heterocycles. The summed E-state index contributed by atoms with van der Waals surface area (Å²) >= 11 is 1.12. The van der Waals surface area contributed by atoms with Gasteiger partial charge in [0.05, 0.1) is 15.1 Å². The van der Waals surface area contributed by atoms with Gasteiger partial charge in [-0.2, -0.15) is 13.7 Å². The molecule has 0 unspecified atom stereocenters. The molecule has 10 heteroatoms. The third-order valence-electron chi connectivity index (χ3n) is 3.30. The van der Waals surface area contributed by atoms with Gasteiger partial charge in [-0.1, -0.05) is 0 Å². The van der Waals surface area contributed by atoms with E-state index in [0.717, 1.165) is 23.5 Å². The molecule has 2 aromatic carbocycles. The molecule has 3 aromatic rings. The molecule has 0 bridgehead atoms. The standard InChI is InChI=1S/C15H9N3O5S2/c1-9-6-10(18(19)20)2-5-14(9)25(21,22)23-11-3-4-12-13(7-11)24-15(8-16)17-12/h2-7H,1H3. The first-order valence-corrected chi connectivity index (χ1v) is 9.03. The van der Waals surface area contributed by atoms with Crippen molar-refractivity contribution >= 4 is 37.4 Å². The normalized spacial score (nSPS) is 11.2. The van der Waals surface area contributed by atoms with Gasteiger partial charge in [-0.3, -0.25) is 10.1 Å². The summed E-state index contributed by atoms with van der Waals surface area (Å²) in [6, 6.07) is 9.81. The minimum Gasteiger partial charge on any atom is -0.379 e. The highest BCUT2D eigenvalue weighted by molar-refractivity contribution is 7.87. The summed E-state index contributed by atoms with van der Waals surface area (Å²) in [5, 5.41) is 19.9. The summed E-state index contributed by atoms with van der Waals surface area (Å²) < 4.78 is 30.6. The number of rotatable bonds is 4. The molecule has 3 rings (SSSR count). The average Bonchev–Trinajstić information content (AvgIpc) is 2.96. The number of non-ortho nitro benzene ring substituents is 1. The number of thiazole rings is 1. The molecule has 0 fully saturated rings. The lowest BCUT2D eigenvalue weighted by molar-refractivity contribution is -0.385. The van der Waals surface area contributed by atoms with Crippen LogP contribution in [0.2, 0.25) is 0 Å². The topological polar surface area (TPSA) is 123 Å². The van der Waals surface area contributed by atoms with Gasteiger partial charge < -0.3 is 4.18 Å². The molecule has 0 amide bonds. The number of hydrogen-bond donors (Lipinski definition) is 0. The first-order valence-electron chi connectivity index (χ1n) is 6.80. The van der Waals surface area contributed by atoms with E-state index in [9.17, 15) is 18.5 Å².